The highest BCUT2D eigenvalue weighted by atomic mass is 32.1. The Bertz CT molecular complexity index is 1070. The van der Waals surface area contributed by atoms with E-state index in [2.05, 4.69) is 25.6 Å². The molecule has 1 aromatic carbocycles. The van der Waals surface area contributed by atoms with Gasteiger partial charge in [-0.3, -0.25) is 4.79 Å². The topological polar surface area (TPSA) is 98.3 Å². The molecule has 0 saturated carbocycles. The summed E-state index contributed by atoms with van der Waals surface area (Å²) in [6, 6.07) is 4.23. The molecule has 0 atom stereocenters. The number of thiazole rings is 1. The van der Waals surface area contributed by atoms with Gasteiger partial charge in [0.15, 0.2) is 10.8 Å². The number of carbonyl (C=O) groups is 1. The van der Waals surface area contributed by atoms with Crippen LogP contribution in [0.2, 0.25) is 0 Å². The van der Waals surface area contributed by atoms with Gasteiger partial charge in [-0.05, 0) is 44.7 Å². The van der Waals surface area contributed by atoms with Gasteiger partial charge in [-0.1, -0.05) is 11.3 Å². The second-order valence-corrected chi connectivity index (χ2v) is 8.57. The number of hydrogen-bond acceptors (Lipinski definition) is 8. The Hall–Kier alpha value is -2.85. The molecule has 1 amide bonds. The van der Waals surface area contributed by atoms with Crippen molar-refractivity contribution in [3.63, 3.8) is 0 Å². The number of fused-ring (bicyclic) bond motifs is 1. The van der Waals surface area contributed by atoms with Gasteiger partial charge in [-0.15, -0.1) is 0 Å². The summed E-state index contributed by atoms with van der Waals surface area (Å²) < 4.78 is 24.8. The highest BCUT2D eigenvalue weighted by molar-refractivity contribution is 7.19. The van der Waals surface area contributed by atoms with Gasteiger partial charge in [-0.2, -0.15) is 0 Å². The molecule has 164 valence electrons. The molecule has 10 heteroatoms. The predicted octanol–water partition coefficient (Wildman–Crippen LogP) is 3.91. The minimum absolute atomic E-state index is 0.127. The lowest BCUT2D eigenvalue weighted by molar-refractivity contribution is 0.0642. The van der Waals surface area contributed by atoms with Crippen LogP contribution >= 0.6 is 11.3 Å². The number of aromatic nitrogens is 3. The number of amides is 1. The van der Waals surface area contributed by atoms with Crippen molar-refractivity contribution in [1.82, 2.24) is 20.3 Å². The van der Waals surface area contributed by atoms with Crippen LogP contribution in [0, 0.1) is 11.7 Å². The zero-order chi connectivity index (χ0) is 21.8. The molecular formula is C21H24FN5O3S. The van der Waals surface area contributed by atoms with Crippen LogP contribution < -0.4 is 15.4 Å². The van der Waals surface area contributed by atoms with E-state index in [-0.39, 0.29) is 12.0 Å². The Balaban J connectivity index is 1.53. The smallest absolute Gasteiger partial charge is 0.280 e. The lowest BCUT2D eigenvalue weighted by atomic mass is 10.0. The van der Waals surface area contributed by atoms with Crippen LogP contribution in [0.3, 0.4) is 0 Å². The first-order valence-electron chi connectivity index (χ1n) is 10.2. The summed E-state index contributed by atoms with van der Waals surface area (Å²) in [5.74, 6) is 0.579. The van der Waals surface area contributed by atoms with Gasteiger partial charge in [0.1, 0.15) is 28.2 Å². The van der Waals surface area contributed by atoms with E-state index in [9.17, 15) is 9.18 Å². The van der Waals surface area contributed by atoms with Crippen molar-refractivity contribution in [2.24, 2.45) is 5.92 Å². The number of ether oxygens (including phenoxy) is 2. The van der Waals surface area contributed by atoms with Crippen molar-refractivity contribution in [1.29, 1.82) is 0 Å². The standard InChI is InChI=1S/C21H24FN5O3S/c1-12(2)30-16-9-14(22)3-4-15(16)26-18-17-20(25-11-24-18)31-21(27-17)19(28)23-10-13-5-7-29-8-6-13/h3-4,9,11-13H,5-8,10H2,1-2H3,(H,23,28)(H,24,25,26). The first kappa shape index (κ1) is 21.4. The van der Waals surface area contributed by atoms with Gasteiger partial charge in [0.25, 0.3) is 5.91 Å². The van der Waals surface area contributed by atoms with Crippen LogP contribution in [0.25, 0.3) is 10.3 Å². The van der Waals surface area contributed by atoms with E-state index in [1.165, 1.54) is 29.8 Å². The number of nitrogens with zero attached hydrogens (tertiary/aromatic N) is 3. The molecule has 0 unspecified atom stereocenters. The van der Waals surface area contributed by atoms with Gasteiger partial charge >= 0.3 is 0 Å². The maximum Gasteiger partial charge on any atom is 0.280 e. The molecular weight excluding hydrogens is 421 g/mol. The van der Waals surface area contributed by atoms with E-state index >= 15 is 0 Å². The van der Waals surface area contributed by atoms with Crippen LogP contribution in [0.4, 0.5) is 15.9 Å². The molecule has 2 aromatic heterocycles. The van der Waals surface area contributed by atoms with Crippen molar-refractivity contribution in [3.8, 4) is 5.75 Å². The van der Waals surface area contributed by atoms with E-state index in [1.54, 1.807) is 6.07 Å². The summed E-state index contributed by atoms with van der Waals surface area (Å²) in [7, 11) is 0. The van der Waals surface area contributed by atoms with E-state index in [4.69, 9.17) is 9.47 Å². The van der Waals surface area contributed by atoms with Crippen LogP contribution in [-0.2, 0) is 4.74 Å². The molecule has 3 aromatic rings. The molecule has 31 heavy (non-hydrogen) atoms. The fourth-order valence-corrected chi connectivity index (χ4v) is 4.11. The quantitative estimate of drug-likeness (QED) is 0.569. The molecule has 0 radical (unpaired) electrons. The zero-order valence-corrected chi connectivity index (χ0v) is 18.2. The van der Waals surface area contributed by atoms with Gasteiger partial charge < -0.3 is 20.1 Å². The average molecular weight is 446 g/mol. The Morgan fingerprint density at radius 1 is 1.32 bits per heavy atom. The summed E-state index contributed by atoms with van der Waals surface area (Å²) in [6.07, 6.45) is 3.16. The molecule has 1 saturated heterocycles. The largest absolute Gasteiger partial charge is 0.489 e. The maximum atomic E-state index is 13.7. The normalized spacial score (nSPS) is 14.7. The zero-order valence-electron chi connectivity index (χ0n) is 17.4. The third-order valence-electron chi connectivity index (χ3n) is 4.84. The van der Waals surface area contributed by atoms with Crippen molar-refractivity contribution in [2.75, 3.05) is 25.1 Å². The second kappa shape index (κ2) is 9.52. The number of halogens is 1. The number of rotatable bonds is 7. The first-order valence-corrected chi connectivity index (χ1v) is 11.0. The van der Waals surface area contributed by atoms with Gasteiger partial charge in [0.2, 0.25) is 0 Å². The minimum atomic E-state index is -0.397. The van der Waals surface area contributed by atoms with Gasteiger partial charge in [0.05, 0.1) is 11.8 Å². The molecule has 0 spiro atoms. The monoisotopic (exact) mass is 445 g/mol. The van der Waals surface area contributed by atoms with Crippen molar-refractivity contribution in [3.05, 3.63) is 35.4 Å². The third kappa shape index (κ3) is 5.26. The Morgan fingerprint density at radius 3 is 2.90 bits per heavy atom. The minimum Gasteiger partial charge on any atom is -0.489 e. The highest BCUT2D eigenvalue weighted by Crippen LogP contribution is 2.32. The number of nitrogens with one attached hydrogen (secondary N) is 2. The molecule has 8 nitrogen and oxygen atoms in total. The molecule has 2 N–H and O–H groups in total. The van der Waals surface area contributed by atoms with Crippen LogP contribution in [0.1, 0.15) is 36.5 Å². The number of hydrogen-bond donors (Lipinski definition) is 2. The summed E-state index contributed by atoms with van der Waals surface area (Å²) in [4.78, 5) is 26.2. The van der Waals surface area contributed by atoms with Crippen molar-refractivity contribution >= 4 is 39.1 Å². The number of anilines is 2. The predicted molar refractivity (Wildman–Crippen MR) is 117 cm³/mol. The molecule has 4 rings (SSSR count). The average Bonchev–Trinajstić information content (AvgIpc) is 3.20. The van der Waals surface area contributed by atoms with Crippen molar-refractivity contribution in [2.45, 2.75) is 32.8 Å². The summed E-state index contributed by atoms with van der Waals surface area (Å²) >= 11 is 1.20. The molecule has 1 aliphatic heterocycles. The SMILES string of the molecule is CC(C)Oc1cc(F)ccc1Nc1ncnc2sc(C(=O)NCC3CCOCC3)nc12. The Morgan fingerprint density at radius 2 is 2.13 bits per heavy atom. The van der Waals surface area contributed by atoms with Crippen LogP contribution in [-0.4, -0.2) is 46.7 Å². The maximum absolute atomic E-state index is 13.7. The third-order valence-corrected chi connectivity index (χ3v) is 5.80. The Labute approximate surface area is 183 Å². The van der Waals surface area contributed by atoms with Crippen LogP contribution in [0.5, 0.6) is 5.75 Å². The number of carbonyl (C=O) groups excluding carboxylic acids is 1. The molecule has 0 bridgehead atoms. The number of benzene rings is 1. The van der Waals surface area contributed by atoms with E-state index in [1.807, 2.05) is 13.8 Å². The van der Waals surface area contributed by atoms with Gasteiger partial charge in [0, 0.05) is 25.8 Å². The van der Waals surface area contributed by atoms with E-state index in [0.29, 0.717) is 45.1 Å². The van der Waals surface area contributed by atoms with Crippen molar-refractivity contribution < 1.29 is 18.7 Å². The molecule has 1 fully saturated rings. The molecule has 1 aliphatic rings. The fraction of sp³-hybridized carbons (Fsp3) is 0.429. The van der Waals surface area contributed by atoms with E-state index in [0.717, 1.165) is 26.1 Å². The first-order chi connectivity index (χ1) is 15.0. The summed E-state index contributed by atoms with van der Waals surface area (Å²) in [6.45, 7) is 5.79. The Kier molecular flexibility index (Phi) is 6.57. The summed E-state index contributed by atoms with van der Waals surface area (Å²) in [5.41, 5.74) is 1.03. The fourth-order valence-electron chi connectivity index (χ4n) is 3.28. The summed E-state index contributed by atoms with van der Waals surface area (Å²) in [5, 5.41) is 6.42. The van der Waals surface area contributed by atoms with E-state index < -0.39 is 5.82 Å². The lowest BCUT2D eigenvalue weighted by Gasteiger charge is -2.21. The van der Waals surface area contributed by atoms with Gasteiger partial charge in [-0.25, -0.2) is 19.3 Å². The van der Waals surface area contributed by atoms with Crippen LogP contribution in [0.15, 0.2) is 24.5 Å². The highest BCUT2D eigenvalue weighted by Gasteiger charge is 2.19. The second-order valence-electron chi connectivity index (χ2n) is 7.59. The lowest BCUT2D eigenvalue weighted by Crippen LogP contribution is -2.32. The molecule has 0 aliphatic carbocycles. The molecule has 3 heterocycles.